The molecule has 2 heterocycles. The Balaban J connectivity index is 2.00. The van der Waals surface area contributed by atoms with Gasteiger partial charge in [0.05, 0.1) is 15.9 Å². The van der Waals surface area contributed by atoms with Gasteiger partial charge in [-0.2, -0.15) is 0 Å². The van der Waals surface area contributed by atoms with E-state index in [0.717, 1.165) is 16.2 Å². The monoisotopic (exact) mass is 374 g/mol. The lowest BCUT2D eigenvalue weighted by Gasteiger charge is -2.09. The lowest BCUT2D eigenvalue weighted by Crippen LogP contribution is -2.12. The van der Waals surface area contributed by atoms with Crippen LogP contribution in [0.15, 0.2) is 84.0 Å². The average Bonchev–Trinajstić information content (AvgIpc) is 3.00. The van der Waals surface area contributed by atoms with Crippen LogP contribution in [-0.2, 0) is 10.0 Å². The van der Waals surface area contributed by atoms with Gasteiger partial charge in [0, 0.05) is 28.6 Å². The van der Waals surface area contributed by atoms with Gasteiger partial charge in [0.2, 0.25) is 0 Å². The summed E-state index contributed by atoms with van der Waals surface area (Å²) < 4.78 is 28.2. The summed E-state index contributed by atoms with van der Waals surface area (Å²) in [6, 6.07) is 18.7. The van der Waals surface area contributed by atoms with Crippen molar-refractivity contribution in [1.29, 1.82) is 0 Å². The molecule has 5 nitrogen and oxygen atoms in total. The van der Waals surface area contributed by atoms with Crippen LogP contribution in [-0.4, -0.2) is 22.5 Å². The number of benzene rings is 3. The standard InChI is InChI=1S/C21H14N2O3S/c24-16-6-7-20-19(12-16)18-10-15-13-22-9-8-14(15)11-21(18)23(20)27(25,26)17-4-2-1-3-5-17/h1-13,24H. The van der Waals surface area contributed by atoms with E-state index in [0.29, 0.717) is 16.4 Å². The van der Waals surface area contributed by atoms with Crippen LogP contribution in [0.1, 0.15) is 0 Å². The predicted molar refractivity (Wildman–Crippen MR) is 105 cm³/mol. The summed E-state index contributed by atoms with van der Waals surface area (Å²) in [6.07, 6.45) is 3.42. The number of aromatic hydroxyl groups is 1. The highest BCUT2D eigenvalue weighted by Crippen LogP contribution is 2.36. The van der Waals surface area contributed by atoms with Crippen LogP contribution in [0.25, 0.3) is 32.6 Å². The Morgan fingerprint density at radius 1 is 0.815 bits per heavy atom. The van der Waals surface area contributed by atoms with E-state index < -0.39 is 10.0 Å². The molecule has 27 heavy (non-hydrogen) atoms. The zero-order valence-corrected chi connectivity index (χ0v) is 14.9. The molecule has 0 aliphatic heterocycles. The second kappa shape index (κ2) is 5.56. The number of phenols is 1. The molecule has 132 valence electrons. The van der Waals surface area contributed by atoms with Crippen LogP contribution in [0.4, 0.5) is 0 Å². The molecular formula is C21H14N2O3S. The Morgan fingerprint density at radius 3 is 2.41 bits per heavy atom. The highest BCUT2D eigenvalue weighted by Gasteiger charge is 2.23. The van der Waals surface area contributed by atoms with Gasteiger partial charge in [-0.25, -0.2) is 12.4 Å². The molecule has 0 amide bonds. The van der Waals surface area contributed by atoms with Crippen LogP contribution in [0, 0.1) is 0 Å². The average molecular weight is 374 g/mol. The third kappa shape index (κ3) is 2.30. The minimum atomic E-state index is -3.81. The molecule has 0 unspecified atom stereocenters. The van der Waals surface area contributed by atoms with E-state index in [4.69, 9.17) is 0 Å². The fraction of sp³-hybridized carbons (Fsp3) is 0. The Labute approximate surface area is 155 Å². The van der Waals surface area contributed by atoms with Gasteiger partial charge in [-0.05, 0) is 53.9 Å². The molecule has 0 fully saturated rings. The van der Waals surface area contributed by atoms with Crippen molar-refractivity contribution >= 4 is 42.6 Å². The molecule has 0 radical (unpaired) electrons. The molecule has 5 aromatic rings. The Morgan fingerprint density at radius 2 is 1.59 bits per heavy atom. The third-order valence-electron chi connectivity index (χ3n) is 4.74. The number of aromatic nitrogens is 2. The minimum absolute atomic E-state index is 0.0879. The van der Waals surface area contributed by atoms with E-state index in [1.165, 1.54) is 10.0 Å². The van der Waals surface area contributed by atoms with E-state index in [9.17, 15) is 13.5 Å². The summed E-state index contributed by atoms with van der Waals surface area (Å²) in [4.78, 5) is 4.36. The second-order valence-corrected chi connectivity index (χ2v) is 8.16. The van der Waals surface area contributed by atoms with Gasteiger partial charge in [0.15, 0.2) is 0 Å². The van der Waals surface area contributed by atoms with Gasteiger partial charge in [0.25, 0.3) is 10.0 Å². The molecule has 0 bridgehead atoms. The molecule has 0 saturated carbocycles. The van der Waals surface area contributed by atoms with E-state index in [-0.39, 0.29) is 10.6 Å². The maximum Gasteiger partial charge on any atom is 0.268 e. The molecule has 0 aliphatic carbocycles. The Kier molecular flexibility index (Phi) is 3.26. The summed E-state index contributed by atoms with van der Waals surface area (Å²) in [7, 11) is -3.81. The van der Waals surface area contributed by atoms with Crippen molar-refractivity contribution in [2.24, 2.45) is 0 Å². The van der Waals surface area contributed by atoms with Crippen molar-refractivity contribution in [3.63, 3.8) is 0 Å². The first-order chi connectivity index (χ1) is 13.1. The van der Waals surface area contributed by atoms with Crippen molar-refractivity contribution in [2.75, 3.05) is 0 Å². The maximum atomic E-state index is 13.4. The Hall–Kier alpha value is -3.38. The topological polar surface area (TPSA) is 72.2 Å². The third-order valence-corrected chi connectivity index (χ3v) is 6.49. The predicted octanol–water partition coefficient (Wildman–Crippen LogP) is 4.29. The number of hydrogen-bond donors (Lipinski definition) is 1. The molecule has 2 aromatic heterocycles. The first-order valence-corrected chi connectivity index (χ1v) is 9.81. The first-order valence-electron chi connectivity index (χ1n) is 8.37. The second-order valence-electron chi connectivity index (χ2n) is 6.38. The zero-order valence-electron chi connectivity index (χ0n) is 14.1. The smallest absolute Gasteiger partial charge is 0.268 e. The van der Waals surface area contributed by atoms with Gasteiger partial charge in [-0.3, -0.25) is 4.98 Å². The van der Waals surface area contributed by atoms with Crippen LogP contribution >= 0.6 is 0 Å². The summed E-state index contributed by atoms with van der Waals surface area (Å²) in [5.74, 6) is 0.0879. The molecule has 3 aromatic carbocycles. The Bertz CT molecular complexity index is 1440. The van der Waals surface area contributed by atoms with Gasteiger partial charge >= 0.3 is 0 Å². The lowest BCUT2D eigenvalue weighted by molar-refractivity contribution is 0.476. The van der Waals surface area contributed by atoms with Crippen molar-refractivity contribution in [1.82, 2.24) is 8.96 Å². The number of rotatable bonds is 2. The van der Waals surface area contributed by atoms with Crippen molar-refractivity contribution in [3.05, 3.63) is 79.1 Å². The van der Waals surface area contributed by atoms with E-state index in [2.05, 4.69) is 4.98 Å². The van der Waals surface area contributed by atoms with Gasteiger partial charge in [-0.1, -0.05) is 18.2 Å². The number of hydrogen-bond acceptors (Lipinski definition) is 4. The van der Waals surface area contributed by atoms with Crippen LogP contribution in [0.3, 0.4) is 0 Å². The molecule has 0 atom stereocenters. The number of pyridine rings is 1. The van der Waals surface area contributed by atoms with Crippen LogP contribution in [0.2, 0.25) is 0 Å². The molecule has 0 saturated heterocycles. The van der Waals surface area contributed by atoms with Gasteiger partial charge in [0.1, 0.15) is 5.75 Å². The summed E-state index contributed by atoms with van der Waals surface area (Å²) in [5, 5.41) is 13.2. The highest BCUT2D eigenvalue weighted by atomic mass is 32.2. The molecule has 0 aliphatic rings. The van der Waals surface area contributed by atoms with Crippen LogP contribution in [0.5, 0.6) is 5.75 Å². The number of fused-ring (bicyclic) bond motifs is 4. The molecule has 5 rings (SSSR count). The SMILES string of the molecule is O=S(=O)(c1ccccc1)n1c2ccc(O)cc2c2cc3cnccc3cc21. The fourth-order valence-electron chi connectivity index (χ4n) is 3.51. The van der Waals surface area contributed by atoms with Crippen molar-refractivity contribution < 1.29 is 13.5 Å². The minimum Gasteiger partial charge on any atom is -0.508 e. The first kappa shape index (κ1) is 15.8. The molecular weight excluding hydrogens is 360 g/mol. The van der Waals surface area contributed by atoms with E-state index in [1.807, 2.05) is 18.2 Å². The summed E-state index contributed by atoms with van der Waals surface area (Å²) in [6.45, 7) is 0. The highest BCUT2D eigenvalue weighted by molar-refractivity contribution is 7.90. The van der Waals surface area contributed by atoms with E-state index >= 15 is 0 Å². The molecule has 0 spiro atoms. The summed E-state index contributed by atoms with van der Waals surface area (Å²) >= 11 is 0. The van der Waals surface area contributed by atoms with Crippen molar-refractivity contribution in [3.8, 4) is 5.75 Å². The van der Waals surface area contributed by atoms with Crippen LogP contribution < -0.4 is 0 Å². The maximum absolute atomic E-state index is 13.4. The summed E-state index contributed by atoms with van der Waals surface area (Å²) in [5.41, 5.74) is 1.09. The number of nitrogens with zero attached hydrogens (tertiary/aromatic N) is 2. The normalized spacial score (nSPS) is 12.1. The van der Waals surface area contributed by atoms with Gasteiger partial charge < -0.3 is 5.11 Å². The van der Waals surface area contributed by atoms with Crippen molar-refractivity contribution in [2.45, 2.75) is 4.90 Å². The van der Waals surface area contributed by atoms with E-state index in [1.54, 1.807) is 54.9 Å². The molecule has 1 N–H and O–H groups in total. The fourth-order valence-corrected chi connectivity index (χ4v) is 5.05. The quantitative estimate of drug-likeness (QED) is 0.500. The zero-order chi connectivity index (χ0) is 18.6. The lowest BCUT2D eigenvalue weighted by atomic mass is 10.1. The van der Waals surface area contributed by atoms with Gasteiger partial charge in [-0.15, -0.1) is 0 Å². The molecule has 6 heteroatoms. The largest absolute Gasteiger partial charge is 0.508 e. The number of phenolic OH excluding ortho intramolecular Hbond substituents is 1.